The number of likely N-dealkylation sites (tertiary alicyclic amines) is 1. The molecule has 0 radical (unpaired) electrons. The summed E-state index contributed by atoms with van der Waals surface area (Å²) in [7, 11) is 0. The van der Waals surface area contributed by atoms with Gasteiger partial charge in [0.25, 0.3) is 0 Å². The average molecular weight is 394 g/mol. The molecule has 4 nitrogen and oxygen atoms in total. The number of hydrogen-bond donors (Lipinski definition) is 1. The van der Waals surface area contributed by atoms with Crippen LogP contribution in [0.25, 0.3) is 10.9 Å². The van der Waals surface area contributed by atoms with Crippen molar-refractivity contribution in [1.29, 1.82) is 0 Å². The molecule has 2 aromatic carbocycles. The number of ether oxygens (including phenoxy) is 1. The van der Waals surface area contributed by atoms with Gasteiger partial charge in [-0.1, -0.05) is 18.2 Å². The Kier molecular flexibility index (Phi) is 5.67. The van der Waals surface area contributed by atoms with Gasteiger partial charge in [0.15, 0.2) is 0 Å². The Bertz CT molecular complexity index is 1000. The highest BCUT2D eigenvalue weighted by Crippen LogP contribution is 2.27. The van der Waals surface area contributed by atoms with Crippen LogP contribution in [0.5, 0.6) is 0 Å². The Morgan fingerprint density at radius 3 is 2.62 bits per heavy atom. The molecule has 1 unspecified atom stereocenters. The molecule has 1 N–H and O–H groups in total. The Morgan fingerprint density at radius 2 is 1.90 bits per heavy atom. The fraction of sp³-hybridized carbons (Fsp3) is 0.375. The van der Waals surface area contributed by atoms with Crippen LogP contribution >= 0.6 is 0 Å². The molecule has 1 fully saturated rings. The molecule has 1 aliphatic heterocycles. The van der Waals surface area contributed by atoms with E-state index in [0.29, 0.717) is 5.56 Å². The molecule has 2 heterocycles. The van der Waals surface area contributed by atoms with E-state index in [2.05, 4.69) is 22.0 Å². The van der Waals surface area contributed by atoms with E-state index in [-0.39, 0.29) is 11.8 Å². The van der Waals surface area contributed by atoms with E-state index in [1.807, 2.05) is 13.0 Å². The molecule has 1 aromatic heterocycles. The smallest absolute Gasteiger partial charge is 0.341 e. The maximum atomic E-state index is 13.1. The summed E-state index contributed by atoms with van der Waals surface area (Å²) in [5, 5.41) is 0.901. The molecule has 0 saturated carbocycles. The third kappa shape index (κ3) is 4.35. The summed E-state index contributed by atoms with van der Waals surface area (Å²) in [6, 6.07) is 12.3. The van der Waals surface area contributed by atoms with Gasteiger partial charge in [-0.05, 0) is 81.6 Å². The van der Waals surface area contributed by atoms with Gasteiger partial charge in [0.05, 0.1) is 5.56 Å². The summed E-state index contributed by atoms with van der Waals surface area (Å²) in [6.07, 6.45) is 3.10. The first-order valence-corrected chi connectivity index (χ1v) is 10.3. The van der Waals surface area contributed by atoms with Gasteiger partial charge in [-0.15, -0.1) is 0 Å². The van der Waals surface area contributed by atoms with Crippen LogP contribution < -0.4 is 0 Å². The lowest BCUT2D eigenvalue weighted by atomic mass is 10.1. The van der Waals surface area contributed by atoms with Gasteiger partial charge in [-0.3, -0.25) is 0 Å². The molecular formula is C24H27FN2O2. The van der Waals surface area contributed by atoms with Gasteiger partial charge in [-0.2, -0.15) is 0 Å². The second-order valence-corrected chi connectivity index (χ2v) is 7.90. The molecular weight excluding hydrogens is 367 g/mol. The number of halogens is 1. The molecule has 5 heteroatoms. The Balaban J connectivity index is 1.53. The minimum absolute atomic E-state index is 0.304. The predicted molar refractivity (Wildman–Crippen MR) is 113 cm³/mol. The SMILES string of the molecule is Cc1[nH]c2ccc(CCN3CCCC3)cc2c1C(=O)OC(C)c1ccc(F)cc1. The van der Waals surface area contributed by atoms with E-state index in [9.17, 15) is 9.18 Å². The van der Waals surface area contributed by atoms with Gasteiger partial charge < -0.3 is 14.6 Å². The second kappa shape index (κ2) is 8.37. The summed E-state index contributed by atoms with van der Waals surface area (Å²) < 4.78 is 18.8. The zero-order valence-electron chi connectivity index (χ0n) is 17.0. The van der Waals surface area contributed by atoms with Gasteiger partial charge in [0, 0.05) is 23.1 Å². The normalized spacial score (nSPS) is 15.7. The number of carbonyl (C=O) groups excluding carboxylic acids is 1. The largest absolute Gasteiger partial charge is 0.454 e. The van der Waals surface area contributed by atoms with E-state index in [0.717, 1.165) is 35.1 Å². The maximum absolute atomic E-state index is 13.1. The van der Waals surface area contributed by atoms with Crippen LogP contribution in [0, 0.1) is 12.7 Å². The van der Waals surface area contributed by atoms with Gasteiger partial charge in [-0.25, -0.2) is 9.18 Å². The molecule has 0 spiro atoms. The number of nitrogens with one attached hydrogen (secondary N) is 1. The van der Waals surface area contributed by atoms with Crippen LogP contribution in [-0.4, -0.2) is 35.5 Å². The molecule has 1 aliphatic rings. The van der Waals surface area contributed by atoms with E-state index < -0.39 is 6.10 Å². The highest BCUT2D eigenvalue weighted by molar-refractivity contribution is 6.05. The third-order valence-corrected chi connectivity index (χ3v) is 5.79. The maximum Gasteiger partial charge on any atom is 0.341 e. The lowest BCUT2D eigenvalue weighted by Gasteiger charge is -2.15. The van der Waals surface area contributed by atoms with Crippen molar-refractivity contribution in [1.82, 2.24) is 9.88 Å². The number of carbonyl (C=O) groups is 1. The molecule has 0 aliphatic carbocycles. The number of rotatable bonds is 6. The molecule has 1 atom stereocenters. The molecule has 0 amide bonds. The molecule has 3 aromatic rings. The van der Waals surface area contributed by atoms with E-state index in [4.69, 9.17) is 4.74 Å². The number of aromatic nitrogens is 1. The number of nitrogens with zero attached hydrogens (tertiary/aromatic N) is 1. The van der Waals surface area contributed by atoms with Crippen LogP contribution in [0.4, 0.5) is 4.39 Å². The van der Waals surface area contributed by atoms with Gasteiger partial charge >= 0.3 is 5.97 Å². The summed E-state index contributed by atoms with van der Waals surface area (Å²) in [5.41, 5.74) is 4.31. The fourth-order valence-corrected chi connectivity index (χ4v) is 4.11. The van der Waals surface area contributed by atoms with Crippen LogP contribution in [0.2, 0.25) is 0 Å². The zero-order valence-corrected chi connectivity index (χ0v) is 17.0. The van der Waals surface area contributed by atoms with Crippen LogP contribution in [0.1, 0.15) is 53.0 Å². The molecule has 1 saturated heterocycles. The number of hydrogen-bond acceptors (Lipinski definition) is 3. The van der Waals surface area contributed by atoms with Crippen molar-refractivity contribution >= 4 is 16.9 Å². The number of fused-ring (bicyclic) bond motifs is 1. The first-order valence-electron chi connectivity index (χ1n) is 10.3. The Hall–Kier alpha value is -2.66. The summed E-state index contributed by atoms with van der Waals surface area (Å²) in [5.74, 6) is -0.663. The topological polar surface area (TPSA) is 45.3 Å². The minimum atomic E-state index is -0.453. The second-order valence-electron chi connectivity index (χ2n) is 7.90. The monoisotopic (exact) mass is 394 g/mol. The van der Waals surface area contributed by atoms with E-state index in [1.54, 1.807) is 19.1 Å². The Morgan fingerprint density at radius 1 is 1.17 bits per heavy atom. The van der Waals surface area contributed by atoms with Crippen molar-refractivity contribution in [3.63, 3.8) is 0 Å². The first-order chi connectivity index (χ1) is 14.0. The highest BCUT2D eigenvalue weighted by Gasteiger charge is 2.21. The lowest BCUT2D eigenvalue weighted by molar-refractivity contribution is 0.0339. The van der Waals surface area contributed by atoms with Crippen molar-refractivity contribution in [3.8, 4) is 0 Å². The quantitative estimate of drug-likeness (QED) is 0.587. The van der Waals surface area contributed by atoms with Crippen molar-refractivity contribution < 1.29 is 13.9 Å². The van der Waals surface area contributed by atoms with E-state index in [1.165, 1.54) is 43.6 Å². The molecule has 29 heavy (non-hydrogen) atoms. The number of benzene rings is 2. The molecule has 0 bridgehead atoms. The first kappa shape index (κ1) is 19.6. The summed E-state index contributed by atoms with van der Waals surface area (Å²) in [6.45, 7) is 7.12. The van der Waals surface area contributed by atoms with Crippen LogP contribution in [-0.2, 0) is 11.2 Å². The van der Waals surface area contributed by atoms with Crippen molar-refractivity contribution in [3.05, 3.63) is 70.7 Å². The van der Waals surface area contributed by atoms with Crippen molar-refractivity contribution in [2.45, 2.75) is 39.2 Å². The van der Waals surface area contributed by atoms with Crippen LogP contribution in [0.3, 0.4) is 0 Å². The zero-order chi connectivity index (χ0) is 20.4. The summed E-state index contributed by atoms with van der Waals surface area (Å²) >= 11 is 0. The number of esters is 1. The molecule has 4 rings (SSSR count). The number of H-pyrrole nitrogens is 1. The number of aromatic amines is 1. The lowest BCUT2D eigenvalue weighted by Crippen LogP contribution is -2.21. The fourth-order valence-electron chi connectivity index (χ4n) is 4.11. The standard InChI is InChI=1S/C24H27FN2O2/c1-16-23(24(28)29-17(2)19-6-8-20(25)9-7-19)21-15-18(5-10-22(21)26-16)11-14-27-12-3-4-13-27/h5-10,15,17,26H,3-4,11-14H2,1-2H3. The number of aryl methyl sites for hydroxylation is 1. The third-order valence-electron chi connectivity index (χ3n) is 5.79. The summed E-state index contributed by atoms with van der Waals surface area (Å²) in [4.78, 5) is 18.7. The van der Waals surface area contributed by atoms with Crippen molar-refractivity contribution in [2.24, 2.45) is 0 Å². The Labute approximate surface area is 170 Å². The predicted octanol–water partition coefficient (Wildman–Crippen LogP) is 5.17. The highest BCUT2D eigenvalue weighted by atomic mass is 19.1. The van der Waals surface area contributed by atoms with Crippen LogP contribution in [0.15, 0.2) is 42.5 Å². The van der Waals surface area contributed by atoms with E-state index >= 15 is 0 Å². The van der Waals surface area contributed by atoms with Crippen molar-refractivity contribution in [2.75, 3.05) is 19.6 Å². The molecule has 152 valence electrons. The average Bonchev–Trinajstić information content (AvgIpc) is 3.33. The van der Waals surface area contributed by atoms with Gasteiger partial charge in [0.1, 0.15) is 11.9 Å². The minimum Gasteiger partial charge on any atom is -0.454 e. The van der Waals surface area contributed by atoms with Gasteiger partial charge in [0.2, 0.25) is 0 Å².